The summed E-state index contributed by atoms with van der Waals surface area (Å²) in [4.78, 5) is 53.4. The van der Waals surface area contributed by atoms with Crippen molar-refractivity contribution in [3.8, 4) is 0 Å². The molecule has 26 heavy (non-hydrogen) atoms. The van der Waals surface area contributed by atoms with Gasteiger partial charge in [-0.15, -0.1) is 0 Å². The van der Waals surface area contributed by atoms with Crippen molar-refractivity contribution < 1.29 is 14.4 Å². The Morgan fingerprint density at radius 3 is 2.27 bits per heavy atom. The molecule has 0 radical (unpaired) electrons. The van der Waals surface area contributed by atoms with E-state index in [0.717, 1.165) is 11.8 Å². The highest BCUT2D eigenvalue weighted by Gasteiger charge is 2.21. The van der Waals surface area contributed by atoms with Gasteiger partial charge in [-0.3, -0.25) is 14.4 Å². The molecule has 1 atom stereocenters. The first kappa shape index (κ1) is 19.6. The number of nitrogens with one attached hydrogen (secondary N) is 2. The topological polar surface area (TPSA) is 109 Å². The number of aromatic nitrogens is 2. The highest BCUT2D eigenvalue weighted by Crippen LogP contribution is 2.26. The minimum atomic E-state index is -0.589. The smallest absolute Gasteiger partial charge is 0.325 e. The number of rotatable bonds is 6. The average molecular weight is 373 g/mol. The molecule has 2 rings (SSSR count). The number of Topliss-reactive ketones (excluding diaryl/α,β-unsaturated/α-hetero) is 2. The number of benzene rings is 1. The van der Waals surface area contributed by atoms with Crippen molar-refractivity contribution in [1.29, 1.82) is 0 Å². The number of thioether (sulfide) groups is 1. The Balaban J connectivity index is 2.16. The molecule has 8 heteroatoms. The summed E-state index contributed by atoms with van der Waals surface area (Å²) in [6, 6.07) is 6.54. The van der Waals surface area contributed by atoms with Crippen molar-refractivity contribution in [3.05, 3.63) is 51.6 Å². The van der Waals surface area contributed by atoms with Crippen LogP contribution < -0.4 is 11.0 Å². The summed E-state index contributed by atoms with van der Waals surface area (Å²) in [6.07, 6.45) is 0. The standard InChI is InChI=1S/C18H19N3O4S/c1-9-15(11(3)23)17(21-18(25)19-9)26-12(4)16(24)20-14-7-5-13(6-8-14)10(2)22/h5-8,12H,1-4H3,(H,20,24)(H,19,21,25). The van der Waals surface area contributed by atoms with E-state index < -0.39 is 10.9 Å². The van der Waals surface area contributed by atoms with Crippen LogP contribution in [0.3, 0.4) is 0 Å². The van der Waals surface area contributed by atoms with Gasteiger partial charge in [0.15, 0.2) is 11.6 Å². The number of anilines is 1. The van der Waals surface area contributed by atoms with Crippen LogP contribution in [-0.4, -0.2) is 32.7 Å². The largest absolute Gasteiger partial charge is 0.346 e. The molecule has 0 fully saturated rings. The van der Waals surface area contributed by atoms with Crippen molar-refractivity contribution in [1.82, 2.24) is 9.97 Å². The van der Waals surface area contributed by atoms with Crippen LogP contribution >= 0.6 is 11.8 Å². The molecule has 1 amide bonds. The van der Waals surface area contributed by atoms with Crippen LogP contribution in [0, 0.1) is 6.92 Å². The van der Waals surface area contributed by atoms with Crippen LogP contribution in [0.5, 0.6) is 0 Å². The monoisotopic (exact) mass is 373 g/mol. The Hall–Kier alpha value is -2.74. The quantitative estimate of drug-likeness (QED) is 0.458. The second-order valence-electron chi connectivity index (χ2n) is 5.79. The third-order valence-corrected chi connectivity index (χ3v) is 4.74. The Labute approximate surface area is 154 Å². The molecule has 136 valence electrons. The molecule has 0 aliphatic rings. The van der Waals surface area contributed by atoms with Crippen molar-refractivity contribution in [3.63, 3.8) is 0 Å². The minimum absolute atomic E-state index is 0.0562. The fraction of sp³-hybridized carbons (Fsp3) is 0.278. The SMILES string of the molecule is CC(=O)c1ccc(NC(=O)C(C)Sc2nc(=O)[nH]c(C)c2C(C)=O)cc1. The molecule has 1 aromatic heterocycles. The summed E-state index contributed by atoms with van der Waals surface area (Å²) in [5.74, 6) is -0.597. The zero-order valence-corrected chi connectivity index (χ0v) is 15.7. The van der Waals surface area contributed by atoms with Crippen LogP contribution in [-0.2, 0) is 4.79 Å². The number of carbonyl (C=O) groups excluding carboxylic acids is 3. The van der Waals surface area contributed by atoms with Crippen LogP contribution in [0.25, 0.3) is 0 Å². The Morgan fingerprint density at radius 1 is 1.12 bits per heavy atom. The summed E-state index contributed by atoms with van der Waals surface area (Å²) >= 11 is 1.04. The van der Waals surface area contributed by atoms with Gasteiger partial charge in [0.25, 0.3) is 0 Å². The lowest BCUT2D eigenvalue weighted by Gasteiger charge is -2.14. The Kier molecular flexibility index (Phi) is 6.10. The van der Waals surface area contributed by atoms with Gasteiger partial charge in [-0.25, -0.2) is 4.79 Å². The lowest BCUT2D eigenvalue weighted by atomic mass is 10.1. The third-order valence-electron chi connectivity index (χ3n) is 3.66. The molecule has 1 unspecified atom stereocenters. The van der Waals surface area contributed by atoms with E-state index in [1.807, 2.05) is 0 Å². The zero-order chi connectivity index (χ0) is 19.4. The van der Waals surface area contributed by atoms with E-state index in [0.29, 0.717) is 22.5 Å². The molecule has 0 aliphatic carbocycles. The number of carbonyl (C=O) groups is 3. The number of aromatic amines is 1. The van der Waals surface area contributed by atoms with E-state index in [4.69, 9.17) is 0 Å². The molecule has 0 spiro atoms. The second kappa shape index (κ2) is 8.09. The predicted octanol–water partition coefficient (Wildman–Crippen LogP) is 2.60. The van der Waals surface area contributed by atoms with Gasteiger partial charge in [-0.1, -0.05) is 11.8 Å². The van der Waals surface area contributed by atoms with Gasteiger partial charge < -0.3 is 10.3 Å². The molecule has 0 saturated heterocycles. The fourth-order valence-electron chi connectivity index (χ4n) is 2.31. The second-order valence-corrected chi connectivity index (χ2v) is 7.12. The average Bonchev–Trinajstić information content (AvgIpc) is 2.54. The van der Waals surface area contributed by atoms with Crippen molar-refractivity contribution in [2.75, 3.05) is 5.32 Å². The van der Waals surface area contributed by atoms with Crippen molar-refractivity contribution in [2.24, 2.45) is 0 Å². The summed E-state index contributed by atoms with van der Waals surface area (Å²) in [6.45, 7) is 6.13. The van der Waals surface area contributed by atoms with Gasteiger partial charge in [0.1, 0.15) is 5.03 Å². The molecular formula is C18H19N3O4S. The van der Waals surface area contributed by atoms with Crippen molar-refractivity contribution in [2.45, 2.75) is 38.0 Å². The van der Waals surface area contributed by atoms with E-state index in [2.05, 4.69) is 15.3 Å². The normalized spacial score (nSPS) is 11.7. The number of nitrogens with zero attached hydrogens (tertiary/aromatic N) is 1. The van der Waals surface area contributed by atoms with Crippen LogP contribution in [0.1, 0.15) is 47.2 Å². The molecule has 1 heterocycles. The van der Waals surface area contributed by atoms with Crippen molar-refractivity contribution >= 4 is 34.9 Å². The van der Waals surface area contributed by atoms with Gasteiger partial charge in [-0.2, -0.15) is 4.98 Å². The molecule has 0 saturated carbocycles. The number of amides is 1. The van der Waals surface area contributed by atoms with Gasteiger partial charge in [0.2, 0.25) is 5.91 Å². The van der Waals surface area contributed by atoms with Crippen LogP contribution in [0.4, 0.5) is 5.69 Å². The predicted molar refractivity (Wildman–Crippen MR) is 100.0 cm³/mol. The molecule has 0 aliphatic heterocycles. The molecule has 0 bridgehead atoms. The van der Waals surface area contributed by atoms with Gasteiger partial charge in [0.05, 0.1) is 10.8 Å². The summed E-state index contributed by atoms with van der Waals surface area (Å²) < 4.78 is 0. The van der Waals surface area contributed by atoms with Crippen LogP contribution in [0.15, 0.2) is 34.1 Å². The summed E-state index contributed by atoms with van der Waals surface area (Å²) in [5.41, 5.74) is 1.27. The number of hydrogen-bond acceptors (Lipinski definition) is 6. The lowest BCUT2D eigenvalue weighted by Crippen LogP contribution is -2.24. The van der Waals surface area contributed by atoms with E-state index in [-0.39, 0.29) is 22.5 Å². The maximum atomic E-state index is 12.4. The van der Waals surface area contributed by atoms with E-state index in [9.17, 15) is 19.2 Å². The van der Waals surface area contributed by atoms with Crippen LogP contribution in [0.2, 0.25) is 0 Å². The van der Waals surface area contributed by atoms with E-state index in [1.54, 1.807) is 38.1 Å². The number of aryl methyl sites for hydroxylation is 1. The Morgan fingerprint density at radius 2 is 1.73 bits per heavy atom. The lowest BCUT2D eigenvalue weighted by molar-refractivity contribution is -0.115. The molecule has 2 aromatic rings. The fourth-order valence-corrected chi connectivity index (χ4v) is 3.36. The first-order chi connectivity index (χ1) is 12.2. The first-order valence-corrected chi connectivity index (χ1v) is 8.77. The number of ketones is 2. The zero-order valence-electron chi connectivity index (χ0n) is 14.9. The number of hydrogen-bond donors (Lipinski definition) is 2. The minimum Gasteiger partial charge on any atom is -0.325 e. The maximum Gasteiger partial charge on any atom is 0.346 e. The van der Waals surface area contributed by atoms with Gasteiger partial charge in [-0.05, 0) is 52.0 Å². The molecular weight excluding hydrogens is 354 g/mol. The maximum absolute atomic E-state index is 12.4. The molecule has 7 nitrogen and oxygen atoms in total. The molecule has 1 aromatic carbocycles. The summed E-state index contributed by atoms with van der Waals surface area (Å²) in [5, 5.41) is 2.38. The first-order valence-electron chi connectivity index (χ1n) is 7.89. The molecule has 2 N–H and O–H groups in total. The summed E-state index contributed by atoms with van der Waals surface area (Å²) in [7, 11) is 0. The van der Waals surface area contributed by atoms with Gasteiger partial charge in [0, 0.05) is 16.9 Å². The Bertz CT molecular complexity index is 919. The third kappa shape index (κ3) is 4.66. The highest BCUT2D eigenvalue weighted by atomic mass is 32.2. The van der Waals surface area contributed by atoms with E-state index in [1.165, 1.54) is 13.8 Å². The number of H-pyrrole nitrogens is 1. The van der Waals surface area contributed by atoms with Gasteiger partial charge >= 0.3 is 5.69 Å². The highest BCUT2D eigenvalue weighted by molar-refractivity contribution is 8.00. The van der Waals surface area contributed by atoms with E-state index >= 15 is 0 Å².